The Morgan fingerprint density at radius 3 is 2.08 bits per heavy atom. The second kappa shape index (κ2) is 9.79. The van der Waals surface area contributed by atoms with E-state index in [-0.39, 0.29) is 38.6 Å². The number of amides is 1. The van der Waals surface area contributed by atoms with Crippen LogP contribution in [0.1, 0.15) is 45.8 Å². The van der Waals surface area contributed by atoms with Crippen LogP contribution in [0.15, 0.2) is 66.7 Å². The Labute approximate surface area is 222 Å². The number of morpholine rings is 1. The number of benzene rings is 3. The van der Waals surface area contributed by atoms with Crippen LogP contribution in [0.5, 0.6) is 0 Å². The fraction of sp³-hybridized carbons (Fsp3) is 0.333. The largest absolute Gasteiger partial charge is 0.448 e. The van der Waals surface area contributed by atoms with Crippen LogP contribution in [0.25, 0.3) is 11.1 Å². The lowest BCUT2D eigenvalue weighted by Gasteiger charge is -2.47. The Morgan fingerprint density at radius 1 is 0.897 bits per heavy atom. The Kier molecular flexibility index (Phi) is 6.41. The number of rotatable bonds is 4. The van der Waals surface area contributed by atoms with Gasteiger partial charge in [-0.2, -0.15) is 13.2 Å². The molecular weight excluding hydrogens is 514 g/mol. The van der Waals surface area contributed by atoms with Crippen LogP contribution in [0.2, 0.25) is 0 Å². The second-order valence-corrected chi connectivity index (χ2v) is 10.3. The number of hydrogen-bond donors (Lipinski definition) is 0. The molecule has 0 saturated carbocycles. The summed E-state index contributed by atoms with van der Waals surface area (Å²) in [5.74, 6) is -2.63. The molecule has 3 aliphatic rings. The van der Waals surface area contributed by atoms with E-state index >= 15 is 0 Å². The smallest absolute Gasteiger partial charge is 0.417 e. The fourth-order valence-corrected chi connectivity index (χ4v) is 6.28. The lowest BCUT2D eigenvalue weighted by Crippen LogP contribution is -2.60. The van der Waals surface area contributed by atoms with Crippen LogP contribution in [0.4, 0.5) is 22.4 Å². The van der Waals surface area contributed by atoms with Crippen molar-refractivity contribution in [1.29, 1.82) is 0 Å². The number of ether oxygens (including phenoxy) is 2. The minimum absolute atomic E-state index is 0.115. The van der Waals surface area contributed by atoms with Gasteiger partial charge in [0.25, 0.3) is 0 Å². The quantitative estimate of drug-likeness (QED) is 0.282. The summed E-state index contributed by atoms with van der Waals surface area (Å²) in [7, 11) is 0. The van der Waals surface area contributed by atoms with Gasteiger partial charge >= 0.3 is 12.3 Å². The van der Waals surface area contributed by atoms with Crippen LogP contribution >= 0.6 is 0 Å². The summed E-state index contributed by atoms with van der Waals surface area (Å²) < 4.78 is 65.7. The van der Waals surface area contributed by atoms with Gasteiger partial charge in [-0.25, -0.2) is 9.18 Å². The summed E-state index contributed by atoms with van der Waals surface area (Å²) in [5.41, 5.74) is 2.55. The Morgan fingerprint density at radius 2 is 1.49 bits per heavy atom. The molecule has 202 valence electrons. The van der Waals surface area contributed by atoms with Gasteiger partial charge in [0.2, 0.25) is 0 Å². The molecule has 2 saturated heterocycles. The van der Waals surface area contributed by atoms with E-state index in [9.17, 15) is 27.2 Å². The van der Waals surface area contributed by atoms with Gasteiger partial charge in [-0.05, 0) is 53.3 Å². The minimum atomic E-state index is -4.87. The summed E-state index contributed by atoms with van der Waals surface area (Å²) in [5, 5.41) is 0. The number of fused-ring (bicyclic) bond motifs is 5. The molecule has 3 aromatic rings. The fourth-order valence-electron chi connectivity index (χ4n) is 6.28. The molecule has 5 nitrogen and oxygen atoms in total. The van der Waals surface area contributed by atoms with Gasteiger partial charge in [0.05, 0.1) is 30.9 Å². The topological polar surface area (TPSA) is 55.8 Å². The van der Waals surface area contributed by atoms with Gasteiger partial charge in [0.15, 0.2) is 5.78 Å². The van der Waals surface area contributed by atoms with Crippen molar-refractivity contribution < 1.29 is 36.6 Å². The molecule has 1 aliphatic carbocycles. The van der Waals surface area contributed by atoms with Crippen LogP contribution < -0.4 is 0 Å². The molecule has 6 rings (SSSR count). The molecule has 0 radical (unpaired) electrons. The first-order valence-electron chi connectivity index (χ1n) is 12.8. The van der Waals surface area contributed by atoms with Gasteiger partial charge in [-0.15, -0.1) is 0 Å². The summed E-state index contributed by atoms with van der Waals surface area (Å²) in [4.78, 5) is 28.1. The highest BCUT2D eigenvalue weighted by Crippen LogP contribution is 2.45. The van der Waals surface area contributed by atoms with Crippen LogP contribution in [0.3, 0.4) is 0 Å². The van der Waals surface area contributed by atoms with E-state index in [4.69, 9.17) is 9.47 Å². The first-order valence-corrected chi connectivity index (χ1v) is 12.8. The number of carbonyl (C=O) groups is 2. The van der Waals surface area contributed by atoms with Gasteiger partial charge < -0.3 is 9.47 Å². The summed E-state index contributed by atoms with van der Waals surface area (Å²) in [6.45, 7) is 0.441. The molecule has 2 heterocycles. The monoisotopic (exact) mass is 539 g/mol. The summed E-state index contributed by atoms with van der Waals surface area (Å²) in [6.07, 6.45) is -5.13. The molecule has 2 unspecified atom stereocenters. The summed E-state index contributed by atoms with van der Waals surface area (Å²) >= 11 is 0. The molecule has 2 aliphatic heterocycles. The molecule has 2 atom stereocenters. The third-order valence-corrected chi connectivity index (χ3v) is 7.99. The third kappa shape index (κ3) is 4.58. The van der Waals surface area contributed by atoms with Crippen LogP contribution in [0, 0.1) is 11.7 Å². The van der Waals surface area contributed by atoms with Crippen molar-refractivity contribution in [3.05, 3.63) is 94.8 Å². The van der Waals surface area contributed by atoms with E-state index in [1.807, 2.05) is 48.5 Å². The molecule has 0 spiro atoms. The maximum absolute atomic E-state index is 13.6. The molecule has 2 fully saturated rings. The predicted octanol–water partition coefficient (Wildman–Crippen LogP) is 6.46. The van der Waals surface area contributed by atoms with Crippen molar-refractivity contribution in [2.45, 2.75) is 37.0 Å². The number of halogens is 4. The molecule has 0 N–H and O–H groups in total. The van der Waals surface area contributed by atoms with Crippen molar-refractivity contribution in [3.63, 3.8) is 0 Å². The SMILES string of the molecule is O=C(c1ccc(F)cc1C(F)(F)F)C1CC2COCC(C1)N2C(=O)OCC1c2ccccc2-c2ccccc21. The standard InChI is InChI=1S/C30H25F4NO4/c31-18-9-10-25(27(13-18)30(32,33)34)28(36)17-11-19-14-38-15-20(12-17)35(19)29(37)39-16-26-23-7-3-1-5-21(23)22-6-2-4-8-24(22)26/h1-10,13,17,19-20,26H,11-12,14-16H2. The lowest BCUT2D eigenvalue weighted by atomic mass is 9.80. The number of carbonyl (C=O) groups excluding carboxylic acids is 2. The highest BCUT2D eigenvalue weighted by Gasteiger charge is 2.46. The van der Waals surface area contributed by atoms with E-state index in [2.05, 4.69) is 0 Å². The average molecular weight is 540 g/mol. The average Bonchev–Trinajstić information content (AvgIpc) is 3.23. The first kappa shape index (κ1) is 25.6. The zero-order valence-electron chi connectivity index (χ0n) is 20.8. The number of piperidine rings is 1. The van der Waals surface area contributed by atoms with Gasteiger partial charge in [-0.3, -0.25) is 9.69 Å². The third-order valence-electron chi connectivity index (χ3n) is 7.99. The Balaban J connectivity index is 1.18. The maximum atomic E-state index is 13.6. The van der Waals surface area contributed by atoms with Crippen LogP contribution in [-0.4, -0.2) is 48.7 Å². The Hall–Kier alpha value is -3.72. The zero-order valence-corrected chi connectivity index (χ0v) is 20.8. The number of Topliss-reactive ketones (excluding diaryl/α,β-unsaturated/α-hetero) is 1. The van der Waals surface area contributed by atoms with Crippen molar-refractivity contribution in [2.24, 2.45) is 5.92 Å². The maximum Gasteiger partial charge on any atom is 0.417 e. The highest BCUT2D eigenvalue weighted by atomic mass is 19.4. The van der Waals surface area contributed by atoms with Gasteiger partial charge in [0, 0.05) is 17.4 Å². The van der Waals surface area contributed by atoms with E-state index in [1.54, 1.807) is 4.90 Å². The predicted molar refractivity (Wildman–Crippen MR) is 134 cm³/mol. The molecule has 39 heavy (non-hydrogen) atoms. The molecule has 0 aromatic heterocycles. The lowest BCUT2D eigenvalue weighted by molar-refractivity contribution is -0.138. The van der Waals surface area contributed by atoms with E-state index in [0.29, 0.717) is 6.07 Å². The number of hydrogen-bond acceptors (Lipinski definition) is 4. The van der Waals surface area contributed by atoms with Crippen molar-refractivity contribution >= 4 is 11.9 Å². The Bertz CT molecular complexity index is 1380. The molecule has 3 aromatic carbocycles. The van der Waals surface area contributed by atoms with E-state index < -0.39 is 53.0 Å². The highest BCUT2D eigenvalue weighted by molar-refractivity contribution is 5.99. The zero-order chi connectivity index (χ0) is 27.3. The minimum Gasteiger partial charge on any atom is -0.448 e. The molecule has 9 heteroatoms. The number of ketones is 1. The molecule has 1 amide bonds. The van der Waals surface area contributed by atoms with Crippen molar-refractivity contribution in [1.82, 2.24) is 4.90 Å². The van der Waals surface area contributed by atoms with Crippen molar-refractivity contribution in [2.75, 3.05) is 19.8 Å². The van der Waals surface area contributed by atoms with Gasteiger partial charge in [-0.1, -0.05) is 48.5 Å². The van der Waals surface area contributed by atoms with Crippen molar-refractivity contribution in [3.8, 4) is 11.1 Å². The summed E-state index contributed by atoms with van der Waals surface area (Å²) in [6, 6.07) is 17.1. The number of alkyl halides is 3. The number of nitrogens with zero attached hydrogens (tertiary/aromatic N) is 1. The van der Waals surface area contributed by atoms with Crippen LogP contribution in [-0.2, 0) is 15.7 Å². The normalized spacial score (nSPS) is 22.3. The molecular formula is C30H25F4NO4. The second-order valence-electron chi connectivity index (χ2n) is 10.3. The first-order chi connectivity index (χ1) is 18.7. The molecule has 2 bridgehead atoms. The van der Waals surface area contributed by atoms with Gasteiger partial charge in [0.1, 0.15) is 12.4 Å². The van der Waals surface area contributed by atoms with E-state index in [1.165, 1.54) is 0 Å². The van der Waals surface area contributed by atoms with E-state index in [0.717, 1.165) is 34.4 Å².